The van der Waals surface area contributed by atoms with Gasteiger partial charge in [-0.2, -0.15) is 0 Å². The van der Waals surface area contributed by atoms with E-state index in [4.69, 9.17) is 4.42 Å². The van der Waals surface area contributed by atoms with Crippen molar-refractivity contribution in [2.24, 2.45) is 0 Å². The molecule has 5 nitrogen and oxygen atoms in total. The summed E-state index contributed by atoms with van der Waals surface area (Å²) in [5.74, 6) is 1.07. The highest BCUT2D eigenvalue weighted by Gasteiger charge is 2.14. The van der Waals surface area contributed by atoms with Gasteiger partial charge in [0.1, 0.15) is 11.5 Å². The molecule has 27 heavy (non-hydrogen) atoms. The minimum absolute atomic E-state index is 0.0336. The van der Waals surface area contributed by atoms with E-state index < -0.39 is 0 Å². The Labute approximate surface area is 162 Å². The van der Waals surface area contributed by atoms with Gasteiger partial charge < -0.3 is 9.73 Å². The molecule has 0 aliphatic rings. The van der Waals surface area contributed by atoms with Crippen LogP contribution in [-0.2, 0) is 11.2 Å². The van der Waals surface area contributed by atoms with Crippen LogP contribution >= 0.6 is 11.3 Å². The lowest BCUT2D eigenvalue weighted by Crippen LogP contribution is -2.12. The fraction of sp³-hybridized carbons (Fsp3) is 0.286. The molecule has 0 spiro atoms. The number of benzene rings is 1. The van der Waals surface area contributed by atoms with Crippen LogP contribution in [0.4, 0.5) is 5.13 Å². The fourth-order valence-corrected chi connectivity index (χ4v) is 3.63. The number of hydrogen-bond donors (Lipinski definition) is 1. The number of anilines is 1. The van der Waals surface area contributed by atoms with Crippen molar-refractivity contribution in [1.29, 1.82) is 0 Å². The van der Waals surface area contributed by atoms with E-state index in [0.29, 0.717) is 28.6 Å². The Morgan fingerprint density at radius 3 is 2.67 bits per heavy atom. The standard InChI is InChI=1S/C21H22N2O3S/c1-12-5-6-13(2)17(9-12)19-11-27-21(22-19)23-20(25)8-7-16-10-18(14(3)24)15(4)26-16/h5-6,9-11H,7-8H2,1-4H3,(H,22,23,25). The first-order valence-corrected chi connectivity index (χ1v) is 9.64. The van der Waals surface area contributed by atoms with Crippen molar-refractivity contribution in [2.75, 3.05) is 5.32 Å². The quantitative estimate of drug-likeness (QED) is 0.602. The number of hydrogen-bond acceptors (Lipinski definition) is 5. The van der Waals surface area contributed by atoms with Crippen LogP contribution in [0.1, 0.15) is 46.3 Å². The molecule has 0 saturated heterocycles. The van der Waals surface area contributed by atoms with E-state index in [1.54, 1.807) is 13.0 Å². The number of aryl methyl sites for hydroxylation is 4. The number of aromatic nitrogens is 1. The predicted octanol–water partition coefficient (Wildman–Crippen LogP) is 5.10. The van der Waals surface area contributed by atoms with Gasteiger partial charge in [-0.1, -0.05) is 17.7 Å². The maximum absolute atomic E-state index is 12.2. The Balaban J connectivity index is 1.62. The normalized spacial score (nSPS) is 10.8. The van der Waals surface area contributed by atoms with E-state index >= 15 is 0 Å². The van der Waals surface area contributed by atoms with Crippen LogP contribution in [0.5, 0.6) is 0 Å². The van der Waals surface area contributed by atoms with Crippen molar-refractivity contribution in [3.05, 3.63) is 57.9 Å². The van der Waals surface area contributed by atoms with Crippen LogP contribution in [0.3, 0.4) is 0 Å². The van der Waals surface area contributed by atoms with Gasteiger partial charge in [0.2, 0.25) is 5.91 Å². The molecule has 0 fully saturated rings. The van der Waals surface area contributed by atoms with Gasteiger partial charge in [-0.25, -0.2) is 4.98 Å². The molecule has 2 aromatic heterocycles. The second kappa shape index (κ2) is 7.88. The van der Waals surface area contributed by atoms with Crippen LogP contribution in [-0.4, -0.2) is 16.7 Å². The van der Waals surface area contributed by atoms with Crippen LogP contribution in [0.15, 0.2) is 34.1 Å². The molecule has 140 valence electrons. The van der Waals surface area contributed by atoms with Gasteiger partial charge in [-0.15, -0.1) is 11.3 Å². The highest BCUT2D eigenvalue weighted by atomic mass is 32.1. The molecule has 3 rings (SSSR count). The molecule has 2 heterocycles. The third-order valence-electron chi connectivity index (χ3n) is 4.37. The molecule has 0 aliphatic heterocycles. The van der Waals surface area contributed by atoms with Gasteiger partial charge in [0.05, 0.1) is 11.3 Å². The average Bonchev–Trinajstić information content (AvgIpc) is 3.22. The number of thiazole rings is 1. The molecule has 0 aliphatic carbocycles. The summed E-state index contributed by atoms with van der Waals surface area (Å²) in [4.78, 5) is 28.2. The highest BCUT2D eigenvalue weighted by Crippen LogP contribution is 2.28. The SMILES string of the molecule is CC(=O)c1cc(CCC(=O)Nc2nc(-c3cc(C)ccc3C)cs2)oc1C. The lowest BCUT2D eigenvalue weighted by molar-refractivity contribution is -0.116. The van der Waals surface area contributed by atoms with E-state index in [1.807, 2.05) is 19.2 Å². The van der Waals surface area contributed by atoms with Crippen molar-refractivity contribution >= 4 is 28.2 Å². The van der Waals surface area contributed by atoms with E-state index in [0.717, 1.165) is 16.8 Å². The molecule has 1 aromatic carbocycles. The summed E-state index contributed by atoms with van der Waals surface area (Å²) >= 11 is 1.41. The monoisotopic (exact) mass is 382 g/mol. The van der Waals surface area contributed by atoms with Gasteiger partial charge in [0.15, 0.2) is 10.9 Å². The van der Waals surface area contributed by atoms with Gasteiger partial charge in [0.25, 0.3) is 0 Å². The first kappa shape index (κ1) is 19.0. The lowest BCUT2D eigenvalue weighted by atomic mass is 10.0. The molecule has 1 amide bonds. The molecule has 0 atom stereocenters. The molecule has 0 unspecified atom stereocenters. The number of carbonyl (C=O) groups is 2. The zero-order valence-electron chi connectivity index (χ0n) is 15.9. The molecule has 0 saturated carbocycles. The Kier molecular flexibility index (Phi) is 5.56. The Morgan fingerprint density at radius 2 is 1.96 bits per heavy atom. The zero-order chi connectivity index (χ0) is 19.6. The summed E-state index contributed by atoms with van der Waals surface area (Å²) in [5, 5.41) is 5.37. The van der Waals surface area contributed by atoms with Crippen molar-refractivity contribution in [3.8, 4) is 11.3 Å². The smallest absolute Gasteiger partial charge is 0.226 e. The molecule has 0 radical (unpaired) electrons. The number of nitrogens with one attached hydrogen (secondary N) is 1. The van der Waals surface area contributed by atoms with Gasteiger partial charge in [-0.3, -0.25) is 9.59 Å². The second-order valence-electron chi connectivity index (χ2n) is 6.64. The number of Topliss-reactive ketones (excluding diaryl/α,β-unsaturated/α-hetero) is 1. The third-order valence-corrected chi connectivity index (χ3v) is 5.12. The van der Waals surface area contributed by atoms with Crippen LogP contribution < -0.4 is 5.32 Å². The number of nitrogens with zero attached hydrogens (tertiary/aromatic N) is 1. The van der Waals surface area contributed by atoms with E-state index in [1.165, 1.54) is 23.8 Å². The highest BCUT2D eigenvalue weighted by molar-refractivity contribution is 7.14. The van der Waals surface area contributed by atoms with Crippen LogP contribution in [0.2, 0.25) is 0 Å². The third kappa shape index (κ3) is 4.52. The molecule has 0 bridgehead atoms. The van der Waals surface area contributed by atoms with Crippen molar-refractivity contribution in [2.45, 2.75) is 40.5 Å². The van der Waals surface area contributed by atoms with Crippen molar-refractivity contribution in [1.82, 2.24) is 4.98 Å². The van der Waals surface area contributed by atoms with E-state index in [-0.39, 0.29) is 18.1 Å². The topological polar surface area (TPSA) is 72.2 Å². The molecule has 3 aromatic rings. The number of ketones is 1. The number of amides is 1. The first-order valence-electron chi connectivity index (χ1n) is 8.76. The zero-order valence-corrected chi connectivity index (χ0v) is 16.7. The van der Waals surface area contributed by atoms with E-state index in [2.05, 4.69) is 28.5 Å². The summed E-state index contributed by atoms with van der Waals surface area (Å²) < 4.78 is 5.55. The number of carbonyl (C=O) groups excluding carboxylic acids is 2. The number of rotatable bonds is 6. The second-order valence-corrected chi connectivity index (χ2v) is 7.50. The minimum atomic E-state index is -0.129. The predicted molar refractivity (Wildman–Crippen MR) is 107 cm³/mol. The Morgan fingerprint density at radius 1 is 1.19 bits per heavy atom. The number of furan rings is 1. The Hall–Kier alpha value is -2.73. The lowest BCUT2D eigenvalue weighted by Gasteiger charge is -2.04. The van der Waals surface area contributed by atoms with Crippen molar-refractivity contribution < 1.29 is 14.0 Å². The summed E-state index contributed by atoms with van der Waals surface area (Å²) in [5.41, 5.74) is 4.84. The Bertz CT molecular complexity index is 1000. The molecular formula is C21H22N2O3S. The van der Waals surface area contributed by atoms with Gasteiger partial charge >= 0.3 is 0 Å². The van der Waals surface area contributed by atoms with Gasteiger partial charge in [-0.05, 0) is 45.4 Å². The van der Waals surface area contributed by atoms with Crippen molar-refractivity contribution in [3.63, 3.8) is 0 Å². The maximum atomic E-state index is 12.2. The molecule has 6 heteroatoms. The fourth-order valence-electron chi connectivity index (χ4n) is 2.90. The minimum Gasteiger partial charge on any atom is -0.466 e. The maximum Gasteiger partial charge on any atom is 0.226 e. The van der Waals surface area contributed by atoms with Crippen LogP contribution in [0, 0.1) is 20.8 Å². The summed E-state index contributed by atoms with van der Waals surface area (Å²) in [6.07, 6.45) is 0.706. The van der Waals surface area contributed by atoms with Crippen LogP contribution in [0.25, 0.3) is 11.3 Å². The first-order chi connectivity index (χ1) is 12.8. The summed E-state index contributed by atoms with van der Waals surface area (Å²) in [7, 11) is 0. The largest absolute Gasteiger partial charge is 0.466 e. The van der Waals surface area contributed by atoms with Gasteiger partial charge in [0, 0.05) is 23.8 Å². The average molecular weight is 382 g/mol. The molecule has 1 N–H and O–H groups in total. The summed E-state index contributed by atoms with van der Waals surface area (Å²) in [6, 6.07) is 7.96. The summed E-state index contributed by atoms with van der Waals surface area (Å²) in [6.45, 7) is 7.36. The molecular weight excluding hydrogens is 360 g/mol. The van der Waals surface area contributed by atoms with E-state index in [9.17, 15) is 9.59 Å².